The third-order valence-corrected chi connectivity index (χ3v) is 3.90. The Labute approximate surface area is 116 Å². The monoisotopic (exact) mass is 274 g/mol. The van der Waals surface area contributed by atoms with E-state index in [1.165, 1.54) is 0 Å². The topological polar surface area (TPSA) is 76.6 Å². The number of amides is 1. The zero-order valence-electron chi connectivity index (χ0n) is 11.2. The number of hydrogen-bond acceptors (Lipinski definition) is 3. The van der Waals surface area contributed by atoms with Gasteiger partial charge in [0, 0.05) is 17.4 Å². The number of piperidine rings is 1. The molecular formula is C15H18N2O3. The first-order valence-corrected chi connectivity index (χ1v) is 6.82. The molecule has 20 heavy (non-hydrogen) atoms. The van der Waals surface area contributed by atoms with Crippen LogP contribution in [0.2, 0.25) is 0 Å². The molecule has 0 saturated carbocycles. The van der Waals surface area contributed by atoms with Gasteiger partial charge in [0.25, 0.3) is 5.91 Å². The Morgan fingerprint density at radius 1 is 1.40 bits per heavy atom. The highest BCUT2D eigenvalue weighted by atomic mass is 16.3. The molecule has 1 amide bonds. The number of aromatic amines is 1. The van der Waals surface area contributed by atoms with Crippen LogP contribution in [0.1, 0.15) is 23.3 Å². The Morgan fingerprint density at radius 3 is 2.95 bits per heavy atom. The van der Waals surface area contributed by atoms with E-state index in [0.29, 0.717) is 25.1 Å². The van der Waals surface area contributed by atoms with Gasteiger partial charge in [0.1, 0.15) is 11.3 Å². The first-order valence-electron chi connectivity index (χ1n) is 6.82. The zero-order chi connectivity index (χ0) is 14.2. The summed E-state index contributed by atoms with van der Waals surface area (Å²) in [6.07, 6.45) is 1.23. The van der Waals surface area contributed by atoms with Gasteiger partial charge in [0.2, 0.25) is 0 Å². The third-order valence-electron chi connectivity index (χ3n) is 3.90. The number of benzene rings is 1. The van der Waals surface area contributed by atoms with Crippen LogP contribution in [0.25, 0.3) is 10.9 Å². The van der Waals surface area contributed by atoms with Crippen LogP contribution in [0, 0.1) is 0 Å². The average molecular weight is 274 g/mol. The maximum absolute atomic E-state index is 12.5. The van der Waals surface area contributed by atoms with Crippen molar-refractivity contribution in [3.63, 3.8) is 0 Å². The van der Waals surface area contributed by atoms with E-state index < -0.39 is 5.60 Å². The van der Waals surface area contributed by atoms with Gasteiger partial charge in [-0.15, -0.1) is 0 Å². The van der Waals surface area contributed by atoms with Crippen molar-refractivity contribution in [3.05, 3.63) is 36.0 Å². The minimum atomic E-state index is -1.17. The smallest absolute Gasteiger partial charge is 0.270 e. The van der Waals surface area contributed by atoms with Crippen molar-refractivity contribution in [1.29, 1.82) is 0 Å². The number of aliphatic hydroxyl groups is 2. The van der Waals surface area contributed by atoms with Gasteiger partial charge in [-0.1, -0.05) is 18.2 Å². The van der Waals surface area contributed by atoms with Crippen molar-refractivity contribution in [2.24, 2.45) is 0 Å². The molecule has 1 aliphatic rings. The van der Waals surface area contributed by atoms with Gasteiger partial charge in [-0.05, 0) is 25.0 Å². The number of aromatic nitrogens is 1. The molecule has 1 unspecified atom stereocenters. The van der Waals surface area contributed by atoms with E-state index in [-0.39, 0.29) is 19.1 Å². The number of β-amino-alcohol motifs (C(OH)–C–C–N with tert-alkyl or cyclic N) is 1. The summed E-state index contributed by atoms with van der Waals surface area (Å²) in [7, 11) is 0. The van der Waals surface area contributed by atoms with Crippen molar-refractivity contribution in [2.45, 2.75) is 18.4 Å². The Hall–Kier alpha value is -1.85. The van der Waals surface area contributed by atoms with Crippen LogP contribution in [-0.2, 0) is 0 Å². The molecule has 0 bridgehead atoms. The number of aliphatic hydroxyl groups excluding tert-OH is 1. The van der Waals surface area contributed by atoms with Gasteiger partial charge in [0.15, 0.2) is 0 Å². The number of nitrogens with one attached hydrogen (secondary N) is 1. The molecule has 0 spiro atoms. The van der Waals surface area contributed by atoms with Crippen LogP contribution in [-0.4, -0.2) is 51.3 Å². The fourth-order valence-electron chi connectivity index (χ4n) is 2.77. The maximum atomic E-state index is 12.5. The maximum Gasteiger partial charge on any atom is 0.270 e. The molecular weight excluding hydrogens is 256 g/mol. The highest BCUT2D eigenvalue weighted by molar-refractivity contribution is 5.98. The van der Waals surface area contributed by atoms with E-state index >= 15 is 0 Å². The van der Waals surface area contributed by atoms with E-state index in [4.69, 9.17) is 0 Å². The minimum Gasteiger partial charge on any atom is -0.393 e. The Balaban J connectivity index is 1.84. The largest absolute Gasteiger partial charge is 0.393 e. The molecule has 1 atom stereocenters. The molecule has 3 N–H and O–H groups in total. The molecule has 1 aromatic heterocycles. The van der Waals surface area contributed by atoms with Crippen molar-refractivity contribution in [3.8, 4) is 0 Å². The summed E-state index contributed by atoms with van der Waals surface area (Å²) in [6, 6.07) is 9.54. The quantitative estimate of drug-likeness (QED) is 0.768. The second kappa shape index (κ2) is 4.92. The average Bonchev–Trinajstić information content (AvgIpc) is 2.90. The summed E-state index contributed by atoms with van der Waals surface area (Å²) in [5.41, 5.74) is 0.276. The number of likely N-dealkylation sites (tertiary alicyclic amines) is 1. The van der Waals surface area contributed by atoms with Crippen molar-refractivity contribution < 1.29 is 15.0 Å². The van der Waals surface area contributed by atoms with E-state index in [2.05, 4.69) is 4.98 Å². The lowest BCUT2D eigenvalue weighted by molar-refractivity contribution is -0.0599. The molecule has 1 aromatic carbocycles. The molecule has 5 heteroatoms. The number of nitrogens with zero attached hydrogens (tertiary/aromatic N) is 1. The molecule has 106 valence electrons. The van der Waals surface area contributed by atoms with E-state index in [9.17, 15) is 15.0 Å². The van der Waals surface area contributed by atoms with Crippen LogP contribution in [0.5, 0.6) is 0 Å². The number of carbonyl (C=O) groups excluding carboxylic acids is 1. The van der Waals surface area contributed by atoms with Crippen LogP contribution in [0.4, 0.5) is 0 Å². The normalized spacial score (nSPS) is 23.2. The van der Waals surface area contributed by atoms with Gasteiger partial charge in [0.05, 0.1) is 13.2 Å². The first kappa shape index (κ1) is 13.1. The second-order valence-electron chi connectivity index (χ2n) is 5.48. The van der Waals surface area contributed by atoms with Gasteiger partial charge in [-0.2, -0.15) is 0 Å². The first-order chi connectivity index (χ1) is 9.61. The van der Waals surface area contributed by atoms with Crippen LogP contribution in [0.3, 0.4) is 0 Å². The molecule has 2 aromatic rings. The summed E-state index contributed by atoms with van der Waals surface area (Å²) in [5, 5.41) is 20.4. The molecule has 2 heterocycles. The molecule has 1 aliphatic heterocycles. The van der Waals surface area contributed by atoms with Crippen molar-refractivity contribution in [1.82, 2.24) is 9.88 Å². The summed E-state index contributed by atoms with van der Waals surface area (Å²) < 4.78 is 0. The van der Waals surface area contributed by atoms with Crippen LogP contribution < -0.4 is 0 Å². The van der Waals surface area contributed by atoms with Crippen LogP contribution in [0.15, 0.2) is 30.3 Å². The Morgan fingerprint density at radius 2 is 2.20 bits per heavy atom. The minimum absolute atomic E-state index is 0.132. The van der Waals surface area contributed by atoms with E-state index in [1.54, 1.807) is 4.90 Å². The standard InChI is InChI=1S/C15H18N2O3/c18-10-15(20)6-3-7-17(9-15)14(19)13-8-11-4-1-2-5-12(11)16-13/h1-2,4-5,8,16,18,20H,3,6-7,9-10H2. The van der Waals surface area contributed by atoms with Gasteiger partial charge < -0.3 is 20.1 Å². The lowest BCUT2D eigenvalue weighted by atomic mass is 9.93. The molecule has 3 rings (SSSR count). The number of H-pyrrole nitrogens is 1. The molecule has 1 saturated heterocycles. The Bertz CT molecular complexity index is 604. The highest BCUT2D eigenvalue weighted by Gasteiger charge is 2.35. The lowest BCUT2D eigenvalue weighted by Gasteiger charge is -2.37. The number of para-hydroxylation sites is 1. The van der Waals surface area contributed by atoms with E-state index in [1.807, 2.05) is 30.3 Å². The zero-order valence-corrected chi connectivity index (χ0v) is 11.2. The predicted octanol–water partition coefficient (Wildman–Crippen LogP) is 1.13. The highest BCUT2D eigenvalue weighted by Crippen LogP contribution is 2.23. The van der Waals surface area contributed by atoms with Crippen LogP contribution >= 0.6 is 0 Å². The fourth-order valence-corrected chi connectivity index (χ4v) is 2.77. The SMILES string of the molecule is O=C(c1cc2ccccc2[nH]1)N1CCCC(O)(CO)C1. The Kier molecular flexibility index (Phi) is 3.23. The van der Waals surface area contributed by atoms with Gasteiger partial charge in [-0.25, -0.2) is 0 Å². The van der Waals surface area contributed by atoms with Gasteiger partial charge >= 0.3 is 0 Å². The molecule has 5 nitrogen and oxygen atoms in total. The van der Waals surface area contributed by atoms with Gasteiger partial charge in [-0.3, -0.25) is 4.79 Å². The summed E-state index contributed by atoms with van der Waals surface area (Å²) >= 11 is 0. The van der Waals surface area contributed by atoms with Crippen molar-refractivity contribution >= 4 is 16.8 Å². The number of carbonyl (C=O) groups is 1. The third kappa shape index (κ3) is 2.30. The summed E-state index contributed by atoms with van der Waals surface area (Å²) in [6.45, 7) is 0.470. The number of hydrogen-bond donors (Lipinski definition) is 3. The number of fused-ring (bicyclic) bond motifs is 1. The van der Waals surface area contributed by atoms with Crippen molar-refractivity contribution in [2.75, 3.05) is 19.7 Å². The molecule has 0 aliphatic carbocycles. The lowest BCUT2D eigenvalue weighted by Crippen LogP contribution is -2.52. The number of rotatable bonds is 2. The molecule has 1 fully saturated rings. The summed E-state index contributed by atoms with van der Waals surface area (Å²) in [5.74, 6) is -0.132. The van der Waals surface area contributed by atoms with E-state index in [0.717, 1.165) is 10.9 Å². The summed E-state index contributed by atoms with van der Waals surface area (Å²) in [4.78, 5) is 17.2. The predicted molar refractivity (Wildman–Crippen MR) is 75.5 cm³/mol. The fraction of sp³-hybridized carbons (Fsp3) is 0.400. The molecule has 0 radical (unpaired) electrons. The second-order valence-corrected chi connectivity index (χ2v) is 5.48.